The molecule has 0 aliphatic rings. The molecule has 32 heavy (non-hydrogen) atoms. The van der Waals surface area contributed by atoms with Crippen molar-refractivity contribution in [3.63, 3.8) is 0 Å². The molecule has 1 heterocycles. The zero-order valence-electron chi connectivity index (χ0n) is 17.3. The Bertz CT molecular complexity index is 1200. The number of nitrogens with two attached hydrogens (primary N) is 1. The minimum Gasteiger partial charge on any atom is -0.369 e. The second-order valence-electron chi connectivity index (χ2n) is 7.35. The van der Waals surface area contributed by atoms with E-state index >= 15 is 0 Å². The lowest BCUT2D eigenvalue weighted by molar-refractivity contribution is -0.120. The molecule has 0 unspecified atom stereocenters. The number of amides is 2. The Labute approximate surface area is 185 Å². The summed E-state index contributed by atoms with van der Waals surface area (Å²) in [5.74, 6) is 0.137. The van der Waals surface area contributed by atoms with Crippen LogP contribution in [0.3, 0.4) is 0 Å². The van der Waals surface area contributed by atoms with Gasteiger partial charge in [0.2, 0.25) is 5.91 Å². The Hall–Kier alpha value is -4.39. The van der Waals surface area contributed by atoms with Crippen molar-refractivity contribution in [3.05, 3.63) is 102 Å². The van der Waals surface area contributed by atoms with Crippen LogP contribution in [-0.4, -0.2) is 21.8 Å². The molecule has 0 bridgehead atoms. The molecule has 2 amide bonds. The molecule has 3 aromatic carbocycles. The van der Waals surface area contributed by atoms with Gasteiger partial charge in [0.1, 0.15) is 0 Å². The van der Waals surface area contributed by atoms with Crippen LogP contribution in [0.15, 0.2) is 85.1 Å². The zero-order valence-corrected chi connectivity index (χ0v) is 17.3. The van der Waals surface area contributed by atoms with E-state index in [0.717, 1.165) is 22.4 Å². The second kappa shape index (κ2) is 9.61. The van der Waals surface area contributed by atoms with Crippen molar-refractivity contribution in [1.29, 1.82) is 0 Å². The number of hydrogen-bond acceptors (Lipinski definition) is 4. The van der Waals surface area contributed by atoms with Gasteiger partial charge >= 0.3 is 0 Å². The first-order valence-corrected chi connectivity index (χ1v) is 10.2. The van der Waals surface area contributed by atoms with E-state index in [1.807, 2.05) is 54.6 Å². The molecule has 0 atom stereocenters. The number of imidazole rings is 1. The zero-order chi connectivity index (χ0) is 22.3. The molecule has 4 rings (SSSR count). The quantitative estimate of drug-likeness (QED) is 0.361. The van der Waals surface area contributed by atoms with Crippen molar-refractivity contribution in [2.24, 2.45) is 0 Å². The second-order valence-corrected chi connectivity index (χ2v) is 7.35. The SMILES string of the molecule is Nc1ncc(-c2ccc(CNC(=O)Cc3ccc(NC(=O)c4ccccc4)cc3)cc2)[nH]1. The van der Waals surface area contributed by atoms with Gasteiger partial charge in [-0.2, -0.15) is 0 Å². The Morgan fingerprint density at radius 3 is 2.22 bits per heavy atom. The number of nitrogen functional groups attached to an aromatic ring is 1. The van der Waals surface area contributed by atoms with Crippen LogP contribution in [0, 0.1) is 0 Å². The number of carbonyl (C=O) groups excluding carboxylic acids is 2. The minimum absolute atomic E-state index is 0.0727. The van der Waals surface area contributed by atoms with E-state index in [1.54, 1.807) is 30.5 Å². The number of carbonyl (C=O) groups is 2. The van der Waals surface area contributed by atoms with Gasteiger partial charge in [-0.1, -0.05) is 54.6 Å². The van der Waals surface area contributed by atoms with Gasteiger partial charge in [0.25, 0.3) is 5.91 Å². The van der Waals surface area contributed by atoms with Crippen LogP contribution in [0.1, 0.15) is 21.5 Å². The van der Waals surface area contributed by atoms with Crippen LogP contribution >= 0.6 is 0 Å². The smallest absolute Gasteiger partial charge is 0.255 e. The Balaban J connectivity index is 1.26. The number of nitrogens with one attached hydrogen (secondary N) is 3. The monoisotopic (exact) mass is 425 g/mol. The predicted molar refractivity (Wildman–Crippen MR) is 125 cm³/mol. The van der Waals surface area contributed by atoms with E-state index in [2.05, 4.69) is 20.6 Å². The minimum atomic E-state index is -0.168. The fourth-order valence-electron chi connectivity index (χ4n) is 3.23. The number of aromatic amines is 1. The Kier molecular flexibility index (Phi) is 6.27. The molecular formula is C25H23N5O2. The van der Waals surface area contributed by atoms with E-state index in [-0.39, 0.29) is 18.2 Å². The standard InChI is InChI=1S/C25H23N5O2/c26-25-28-16-22(30-25)19-10-6-18(7-11-19)15-27-23(31)14-17-8-12-21(13-9-17)29-24(32)20-4-2-1-3-5-20/h1-13,16H,14-15H2,(H,27,31)(H,29,32)(H3,26,28,30). The number of aromatic nitrogens is 2. The van der Waals surface area contributed by atoms with Crippen LogP contribution in [0.2, 0.25) is 0 Å². The topological polar surface area (TPSA) is 113 Å². The van der Waals surface area contributed by atoms with Crippen molar-refractivity contribution >= 4 is 23.5 Å². The molecule has 4 aromatic rings. The van der Waals surface area contributed by atoms with Gasteiger partial charge in [0, 0.05) is 17.8 Å². The molecule has 0 radical (unpaired) electrons. The van der Waals surface area contributed by atoms with E-state index in [9.17, 15) is 9.59 Å². The number of H-pyrrole nitrogens is 1. The number of nitrogens with zero attached hydrogens (tertiary/aromatic N) is 1. The van der Waals surface area contributed by atoms with Crippen LogP contribution in [0.4, 0.5) is 11.6 Å². The lowest BCUT2D eigenvalue weighted by atomic mass is 10.1. The number of benzene rings is 3. The molecule has 7 nitrogen and oxygen atoms in total. The highest BCUT2D eigenvalue weighted by Crippen LogP contribution is 2.18. The van der Waals surface area contributed by atoms with E-state index in [1.165, 1.54) is 0 Å². The average Bonchev–Trinajstić information content (AvgIpc) is 3.26. The fourth-order valence-corrected chi connectivity index (χ4v) is 3.23. The molecule has 0 spiro atoms. The third kappa shape index (κ3) is 5.40. The van der Waals surface area contributed by atoms with Crippen LogP contribution in [0.25, 0.3) is 11.3 Å². The summed E-state index contributed by atoms with van der Waals surface area (Å²) in [5.41, 5.74) is 10.6. The average molecular weight is 425 g/mol. The molecule has 0 saturated heterocycles. The molecule has 0 aliphatic heterocycles. The van der Waals surface area contributed by atoms with Gasteiger partial charge in [-0.15, -0.1) is 0 Å². The maximum atomic E-state index is 12.3. The lowest BCUT2D eigenvalue weighted by Crippen LogP contribution is -2.24. The van der Waals surface area contributed by atoms with Gasteiger partial charge in [0.05, 0.1) is 18.3 Å². The molecule has 1 aromatic heterocycles. The normalized spacial score (nSPS) is 10.5. The first kappa shape index (κ1) is 20.9. The summed E-state index contributed by atoms with van der Waals surface area (Å²) < 4.78 is 0. The Morgan fingerprint density at radius 1 is 0.875 bits per heavy atom. The van der Waals surface area contributed by atoms with E-state index < -0.39 is 0 Å². The van der Waals surface area contributed by atoms with E-state index in [0.29, 0.717) is 23.7 Å². The predicted octanol–water partition coefficient (Wildman–Crippen LogP) is 3.77. The summed E-state index contributed by atoms with van der Waals surface area (Å²) in [7, 11) is 0. The lowest BCUT2D eigenvalue weighted by Gasteiger charge is -2.08. The van der Waals surface area contributed by atoms with Gasteiger partial charge in [-0.3, -0.25) is 9.59 Å². The summed E-state index contributed by atoms with van der Waals surface area (Å²) in [6, 6.07) is 24.1. The maximum Gasteiger partial charge on any atom is 0.255 e. The van der Waals surface area contributed by atoms with Crippen LogP contribution < -0.4 is 16.4 Å². The van der Waals surface area contributed by atoms with Crippen molar-refractivity contribution < 1.29 is 9.59 Å². The largest absolute Gasteiger partial charge is 0.369 e. The number of rotatable bonds is 7. The summed E-state index contributed by atoms with van der Waals surface area (Å²) in [6.07, 6.45) is 1.95. The summed E-state index contributed by atoms with van der Waals surface area (Å²) in [5, 5.41) is 5.78. The highest BCUT2D eigenvalue weighted by atomic mass is 16.2. The molecular weight excluding hydrogens is 402 g/mol. The number of anilines is 2. The first-order valence-electron chi connectivity index (χ1n) is 10.2. The summed E-state index contributed by atoms with van der Waals surface area (Å²) in [6.45, 7) is 0.440. The molecule has 0 fully saturated rings. The highest BCUT2D eigenvalue weighted by Gasteiger charge is 2.07. The van der Waals surface area contributed by atoms with Gasteiger partial charge in [0.15, 0.2) is 5.95 Å². The third-order valence-electron chi connectivity index (χ3n) is 4.96. The fraction of sp³-hybridized carbons (Fsp3) is 0.0800. The van der Waals surface area contributed by atoms with Crippen molar-refractivity contribution in [3.8, 4) is 11.3 Å². The molecule has 0 aliphatic carbocycles. The highest BCUT2D eigenvalue weighted by molar-refractivity contribution is 6.04. The van der Waals surface area contributed by atoms with Crippen molar-refractivity contribution in [1.82, 2.24) is 15.3 Å². The Morgan fingerprint density at radius 2 is 1.56 bits per heavy atom. The first-order chi connectivity index (χ1) is 15.6. The maximum absolute atomic E-state index is 12.3. The summed E-state index contributed by atoms with van der Waals surface area (Å²) in [4.78, 5) is 31.5. The molecule has 5 N–H and O–H groups in total. The van der Waals surface area contributed by atoms with Gasteiger partial charge in [-0.05, 0) is 41.0 Å². The summed E-state index contributed by atoms with van der Waals surface area (Å²) >= 11 is 0. The van der Waals surface area contributed by atoms with Crippen molar-refractivity contribution in [2.75, 3.05) is 11.1 Å². The van der Waals surface area contributed by atoms with Crippen LogP contribution in [-0.2, 0) is 17.8 Å². The molecule has 160 valence electrons. The third-order valence-corrected chi connectivity index (χ3v) is 4.96. The molecule has 0 saturated carbocycles. The molecule has 7 heteroatoms. The van der Waals surface area contributed by atoms with Crippen molar-refractivity contribution in [2.45, 2.75) is 13.0 Å². The van der Waals surface area contributed by atoms with E-state index in [4.69, 9.17) is 5.73 Å². The van der Waals surface area contributed by atoms with Gasteiger partial charge < -0.3 is 21.4 Å². The van der Waals surface area contributed by atoms with Crippen LogP contribution in [0.5, 0.6) is 0 Å². The number of hydrogen-bond donors (Lipinski definition) is 4. The van der Waals surface area contributed by atoms with Gasteiger partial charge in [-0.25, -0.2) is 4.98 Å².